The van der Waals surface area contributed by atoms with Gasteiger partial charge in [-0.2, -0.15) is 0 Å². The van der Waals surface area contributed by atoms with E-state index in [4.69, 9.17) is 0 Å². The Bertz CT molecular complexity index is 1920. The van der Waals surface area contributed by atoms with Crippen LogP contribution in [0.5, 0.6) is 0 Å². The average molecular weight is 644 g/mol. The fourth-order valence-corrected chi connectivity index (χ4v) is 7.20. The van der Waals surface area contributed by atoms with Gasteiger partial charge in [0.05, 0.1) is 0 Å². The molecule has 1 unspecified atom stereocenters. The van der Waals surface area contributed by atoms with Gasteiger partial charge in [-0.05, 0) is 113 Å². The van der Waals surface area contributed by atoms with Crippen LogP contribution in [0.25, 0.3) is 27.8 Å². The zero-order valence-electron chi connectivity index (χ0n) is 30.4. The Kier molecular flexibility index (Phi) is 13.0. The molecule has 2 aliphatic carbocycles. The highest BCUT2D eigenvalue weighted by atomic mass is 14.8. The lowest BCUT2D eigenvalue weighted by atomic mass is 9.71. The van der Waals surface area contributed by atoms with E-state index >= 15 is 0 Å². The summed E-state index contributed by atoms with van der Waals surface area (Å²) in [5.41, 5.74) is 17.2. The highest BCUT2D eigenvalue weighted by Gasteiger charge is 2.42. The predicted molar refractivity (Wildman–Crippen MR) is 218 cm³/mol. The Balaban J connectivity index is 0.000000390. The van der Waals surface area contributed by atoms with Gasteiger partial charge in [0, 0.05) is 11.1 Å². The molecule has 0 saturated carbocycles. The van der Waals surface area contributed by atoms with Crippen LogP contribution in [0.3, 0.4) is 0 Å². The van der Waals surface area contributed by atoms with Crippen LogP contribution in [-0.2, 0) is 11.8 Å². The third kappa shape index (κ3) is 7.32. The minimum absolute atomic E-state index is 0.282. The molecular formula is C48H53N. The normalized spacial score (nSPS) is 15.8. The predicted octanol–water partition coefficient (Wildman–Crippen LogP) is 13.8. The molecule has 0 amide bonds. The van der Waals surface area contributed by atoms with E-state index < -0.39 is 0 Å². The number of nitrogens with one attached hydrogen (secondary N) is 1. The molecule has 4 aromatic carbocycles. The van der Waals surface area contributed by atoms with Gasteiger partial charge in [-0.15, -0.1) is 0 Å². The van der Waals surface area contributed by atoms with E-state index in [9.17, 15) is 0 Å². The van der Waals surface area contributed by atoms with Gasteiger partial charge in [0.15, 0.2) is 0 Å². The summed E-state index contributed by atoms with van der Waals surface area (Å²) in [4.78, 5) is 0. The summed E-state index contributed by atoms with van der Waals surface area (Å²) in [5.74, 6) is 0. The SMILES string of the molecule is C=C/C=C\C=C(\C=C)CC.C=CNc1ccc2c(c1)C(C)(c1ccccc1-c1cccc3c1CC(CC)=C3/C=C\C)c1ccccc1-2.CC. The summed E-state index contributed by atoms with van der Waals surface area (Å²) in [6.45, 7) is 24.0. The fourth-order valence-electron chi connectivity index (χ4n) is 7.20. The maximum atomic E-state index is 3.88. The molecule has 0 radical (unpaired) electrons. The zero-order valence-corrected chi connectivity index (χ0v) is 30.4. The fraction of sp³-hybridized carbons (Fsp3) is 0.208. The third-order valence-electron chi connectivity index (χ3n) is 9.56. The van der Waals surface area contributed by atoms with Crippen molar-refractivity contribution in [3.05, 3.63) is 192 Å². The minimum Gasteiger partial charge on any atom is -0.362 e. The van der Waals surface area contributed by atoms with Crippen molar-refractivity contribution in [2.45, 2.75) is 66.2 Å². The summed E-state index contributed by atoms with van der Waals surface area (Å²) >= 11 is 0. The van der Waals surface area contributed by atoms with Crippen molar-refractivity contribution in [2.24, 2.45) is 0 Å². The lowest BCUT2D eigenvalue weighted by Crippen LogP contribution is -2.23. The van der Waals surface area contributed by atoms with Crippen molar-refractivity contribution >= 4 is 11.3 Å². The molecule has 49 heavy (non-hydrogen) atoms. The summed E-state index contributed by atoms with van der Waals surface area (Å²) in [5, 5.41) is 3.31. The van der Waals surface area contributed by atoms with Gasteiger partial charge in [-0.1, -0.05) is 168 Å². The number of fused-ring (bicyclic) bond motifs is 4. The molecule has 0 aromatic heterocycles. The number of benzene rings is 4. The average Bonchev–Trinajstić information content (AvgIpc) is 3.64. The van der Waals surface area contributed by atoms with Gasteiger partial charge in [0.25, 0.3) is 0 Å². The quantitative estimate of drug-likeness (QED) is 0.170. The smallest absolute Gasteiger partial charge is 0.0442 e. The molecule has 4 aromatic rings. The van der Waals surface area contributed by atoms with E-state index in [1.807, 2.05) is 38.2 Å². The van der Waals surface area contributed by atoms with Gasteiger partial charge < -0.3 is 5.32 Å². The van der Waals surface area contributed by atoms with Crippen LogP contribution in [0, 0.1) is 0 Å². The monoisotopic (exact) mass is 643 g/mol. The summed E-state index contributed by atoms with van der Waals surface area (Å²) in [7, 11) is 0. The number of hydrogen-bond donors (Lipinski definition) is 1. The van der Waals surface area contributed by atoms with Crippen LogP contribution in [0.2, 0.25) is 0 Å². The highest BCUT2D eigenvalue weighted by Crippen LogP contribution is 2.55. The molecule has 2 aliphatic rings. The topological polar surface area (TPSA) is 12.0 Å². The maximum absolute atomic E-state index is 3.88. The molecule has 0 aliphatic heterocycles. The Morgan fingerprint density at radius 2 is 1.37 bits per heavy atom. The van der Waals surface area contributed by atoms with E-state index in [2.05, 4.69) is 150 Å². The first-order chi connectivity index (χ1) is 24.0. The number of hydrogen-bond acceptors (Lipinski definition) is 1. The lowest BCUT2D eigenvalue weighted by Gasteiger charge is -2.31. The third-order valence-corrected chi connectivity index (χ3v) is 9.56. The van der Waals surface area contributed by atoms with E-state index in [0.29, 0.717) is 0 Å². The van der Waals surface area contributed by atoms with Crippen LogP contribution in [-0.4, -0.2) is 0 Å². The molecule has 6 rings (SSSR count). The highest BCUT2D eigenvalue weighted by molar-refractivity contribution is 5.91. The van der Waals surface area contributed by atoms with Crippen molar-refractivity contribution in [1.82, 2.24) is 0 Å². The Labute approximate surface area is 296 Å². The second-order valence-electron chi connectivity index (χ2n) is 12.1. The second kappa shape index (κ2) is 17.3. The number of anilines is 1. The first-order valence-corrected chi connectivity index (χ1v) is 17.8. The summed E-state index contributed by atoms with van der Waals surface area (Å²) in [6.07, 6.45) is 18.9. The largest absolute Gasteiger partial charge is 0.362 e. The molecule has 1 heteroatoms. The van der Waals surface area contributed by atoms with E-state index in [0.717, 1.165) is 24.9 Å². The number of rotatable bonds is 10. The van der Waals surface area contributed by atoms with E-state index in [-0.39, 0.29) is 5.41 Å². The Hall–Kier alpha value is -5.14. The molecule has 0 heterocycles. The van der Waals surface area contributed by atoms with Crippen LogP contribution < -0.4 is 5.32 Å². The van der Waals surface area contributed by atoms with Crippen molar-refractivity contribution in [3.63, 3.8) is 0 Å². The van der Waals surface area contributed by atoms with E-state index in [1.54, 1.807) is 12.3 Å². The van der Waals surface area contributed by atoms with Gasteiger partial charge in [-0.25, -0.2) is 0 Å². The van der Waals surface area contributed by atoms with Crippen molar-refractivity contribution in [3.8, 4) is 22.3 Å². The molecule has 0 bridgehead atoms. The van der Waals surface area contributed by atoms with Gasteiger partial charge in [-0.3, -0.25) is 0 Å². The second-order valence-corrected chi connectivity index (χ2v) is 12.1. The molecule has 0 saturated heterocycles. The molecule has 1 atom stereocenters. The first-order valence-electron chi connectivity index (χ1n) is 17.8. The van der Waals surface area contributed by atoms with Gasteiger partial charge in [0.2, 0.25) is 0 Å². The Morgan fingerprint density at radius 3 is 1.96 bits per heavy atom. The molecule has 1 nitrogen and oxygen atoms in total. The summed E-state index contributed by atoms with van der Waals surface area (Å²) < 4.78 is 0. The maximum Gasteiger partial charge on any atom is 0.0442 e. The van der Waals surface area contributed by atoms with Crippen LogP contribution in [0.15, 0.2) is 165 Å². The van der Waals surface area contributed by atoms with Gasteiger partial charge in [0.1, 0.15) is 0 Å². The van der Waals surface area contributed by atoms with Crippen LogP contribution >= 0.6 is 0 Å². The number of allylic oxidation sites excluding steroid dienone is 10. The van der Waals surface area contributed by atoms with Crippen molar-refractivity contribution in [1.29, 1.82) is 0 Å². The van der Waals surface area contributed by atoms with Crippen molar-refractivity contribution < 1.29 is 0 Å². The van der Waals surface area contributed by atoms with Crippen molar-refractivity contribution in [2.75, 3.05) is 5.32 Å². The van der Waals surface area contributed by atoms with Crippen LogP contribution in [0.4, 0.5) is 5.69 Å². The van der Waals surface area contributed by atoms with Crippen LogP contribution in [0.1, 0.15) is 82.2 Å². The first kappa shape index (κ1) is 36.7. The standard InChI is InChI=1S/C36H33N.C10H14.C2H6/c1-5-13-26-24(6-2)22-32-27(26)16-12-17-28(32)29-14-8-10-18-33(29)36(4)34-19-11-9-15-30(34)31-21-20-25(37-7-3)23-35(31)36;1-4-7-8-9-10(5-2)6-3;1-2/h5,7-21,23,37H,3,6,22H2,1-2,4H3;4-5,7-9H,1-2,6H2,3H3;1-2H3/b13-5-;8-7-,10-9-;. The zero-order chi connectivity index (χ0) is 35.4. The van der Waals surface area contributed by atoms with E-state index in [1.165, 1.54) is 66.8 Å². The summed E-state index contributed by atoms with van der Waals surface area (Å²) in [6, 6.07) is 31.5. The molecule has 1 N–H and O–H groups in total. The molecule has 250 valence electrons. The molecule has 0 fully saturated rings. The molecular weight excluding hydrogens is 591 g/mol. The van der Waals surface area contributed by atoms with Gasteiger partial charge >= 0.3 is 0 Å². The minimum atomic E-state index is -0.282. The Morgan fingerprint density at radius 1 is 0.755 bits per heavy atom. The molecule has 0 spiro atoms. The lowest BCUT2D eigenvalue weighted by molar-refractivity contribution is 0.716.